The van der Waals surface area contributed by atoms with Crippen LogP contribution in [0.5, 0.6) is 0 Å². The molecule has 0 unspecified atom stereocenters. The number of benzene rings is 2. The van der Waals surface area contributed by atoms with Crippen molar-refractivity contribution in [2.45, 2.75) is 50.5 Å². The zero-order valence-electron chi connectivity index (χ0n) is 19.8. The molecule has 0 aliphatic heterocycles. The van der Waals surface area contributed by atoms with Gasteiger partial charge in [-0.1, -0.05) is 55.0 Å². The monoisotopic (exact) mass is 476 g/mol. The molecular formula is C28H32N2O5. The zero-order chi connectivity index (χ0) is 24.4. The number of alkyl carbamates (subject to hydrolysis) is 1. The molecule has 2 aromatic rings. The van der Waals surface area contributed by atoms with E-state index in [0.29, 0.717) is 18.9 Å². The van der Waals surface area contributed by atoms with Gasteiger partial charge in [0.05, 0.1) is 0 Å². The van der Waals surface area contributed by atoms with Crippen LogP contribution in [0.4, 0.5) is 4.79 Å². The molecule has 0 radical (unpaired) electrons. The van der Waals surface area contributed by atoms with Gasteiger partial charge in [-0.05, 0) is 60.3 Å². The van der Waals surface area contributed by atoms with E-state index in [-0.39, 0.29) is 36.9 Å². The van der Waals surface area contributed by atoms with Gasteiger partial charge < -0.3 is 20.1 Å². The number of carbonyl (C=O) groups is 3. The molecule has 2 N–H and O–H groups in total. The van der Waals surface area contributed by atoms with Crippen LogP contribution in [0.3, 0.4) is 0 Å². The fraction of sp³-hybridized carbons (Fsp3) is 0.464. The summed E-state index contributed by atoms with van der Waals surface area (Å²) in [4.78, 5) is 38.6. The number of carbonyl (C=O) groups excluding carboxylic acids is 2. The van der Waals surface area contributed by atoms with Crippen LogP contribution in [0.1, 0.15) is 55.6 Å². The molecule has 0 bridgehead atoms. The van der Waals surface area contributed by atoms with E-state index < -0.39 is 12.1 Å². The normalized spacial score (nSPS) is 21.0. The minimum atomic E-state index is -0.983. The van der Waals surface area contributed by atoms with Crippen LogP contribution in [-0.2, 0) is 14.3 Å². The molecule has 5 rings (SSSR count). The Morgan fingerprint density at radius 1 is 0.943 bits per heavy atom. The predicted octanol–water partition coefficient (Wildman–Crippen LogP) is 4.41. The average Bonchev–Trinajstić information content (AvgIpc) is 3.62. The van der Waals surface area contributed by atoms with Crippen molar-refractivity contribution < 1.29 is 24.2 Å². The van der Waals surface area contributed by atoms with Gasteiger partial charge in [-0.15, -0.1) is 0 Å². The molecule has 35 heavy (non-hydrogen) atoms. The first kappa shape index (κ1) is 23.4. The summed E-state index contributed by atoms with van der Waals surface area (Å²) in [6.45, 7) is 0.519. The van der Waals surface area contributed by atoms with E-state index in [1.807, 2.05) is 24.3 Å². The second kappa shape index (κ2) is 10.1. The lowest BCUT2D eigenvalue weighted by molar-refractivity contribution is -0.147. The van der Waals surface area contributed by atoms with Gasteiger partial charge in [0.2, 0.25) is 5.91 Å². The first-order valence-corrected chi connectivity index (χ1v) is 12.6. The first-order chi connectivity index (χ1) is 17.0. The van der Waals surface area contributed by atoms with Gasteiger partial charge in [0.25, 0.3) is 0 Å². The predicted molar refractivity (Wildman–Crippen MR) is 131 cm³/mol. The number of fused-ring (bicyclic) bond motifs is 3. The highest BCUT2D eigenvalue weighted by Gasteiger charge is 2.35. The SMILES string of the molecule is O=C(O)CN(CC1CC1)C(=O)[C@@H]1CCC[C@H](NC(=O)OCC2c3ccccc3-c3ccccc32)C1. The molecule has 0 heterocycles. The summed E-state index contributed by atoms with van der Waals surface area (Å²) in [5, 5.41) is 12.2. The average molecular weight is 477 g/mol. The maximum Gasteiger partial charge on any atom is 0.407 e. The van der Waals surface area contributed by atoms with Crippen molar-refractivity contribution in [1.82, 2.24) is 10.2 Å². The fourth-order valence-corrected chi connectivity index (χ4v) is 5.62. The second-order valence-corrected chi connectivity index (χ2v) is 10.1. The minimum Gasteiger partial charge on any atom is -0.480 e. The maximum absolute atomic E-state index is 13.1. The van der Waals surface area contributed by atoms with Crippen LogP contribution in [0, 0.1) is 11.8 Å². The van der Waals surface area contributed by atoms with Crippen molar-refractivity contribution in [3.8, 4) is 11.1 Å². The summed E-state index contributed by atoms with van der Waals surface area (Å²) in [6, 6.07) is 16.3. The molecule has 2 saturated carbocycles. The number of aliphatic carboxylic acids is 1. The number of carboxylic acids is 1. The second-order valence-electron chi connectivity index (χ2n) is 10.1. The standard InChI is InChI=1S/C28H32N2O5/c31-26(32)16-30(15-18-12-13-18)27(33)19-6-5-7-20(14-19)29-28(34)35-17-25-23-10-3-1-8-21(23)22-9-2-4-11-24(22)25/h1-4,8-11,18-20,25H,5-7,12-17H2,(H,29,34)(H,31,32)/t19-,20+/m1/s1. The highest BCUT2D eigenvalue weighted by atomic mass is 16.5. The summed E-state index contributed by atoms with van der Waals surface area (Å²) in [5.41, 5.74) is 4.70. The Morgan fingerprint density at radius 2 is 1.60 bits per heavy atom. The number of nitrogens with zero attached hydrogens (tertiary/aromatic N) is 1. The lowest BCUT2D eigenvalue weighted by atomic mass is 9.84. The Morgan fingerprint density at radius 3 is 2.23 bits per heavy atom. The van der Waals surface area contributed by atoms with E-state index in [2.05, 4.69) is 29.6 Å². The summed E-state index contributed by atoms with van der Waals surface area (Å²) in [5.74, 6) is -0.917. The molecule has 2 amide bonds. The van der Waals surface area contributed by atoms with Crippen LogP contribution >= 0.6 is 0 Å². The first-order valence-electron chi connectivity index (χ1n) is 12.6. The molecule has 7 nitrogen and oxygen atoms in total. The van der Waals surface area contributed by atoms with E-state index in [0.717, 1.165) is 32.1 Å². The molecule has 3 aliphatic carbocycles. The summed E-state index contributed by atoms with van der Waals surface area (Å²) < 4.78 is 5.68. The van der Waals surface area contributed by atoms with Crippen molar-refractivity contribution in [2.24, 2.45) is 11.8 Å². The van der Waals surface area contributed by atoms with Crippen molar-refractivity contribution in [2.75, 3.05) is 19.7 Å². The van der Waals surface area contributed by atoms with Gasteiger partial charge in [-0.2, -0.15) is 0 Å². The lowest BCUT2D eigenvalue weighted by Gasteiger charge is -2.32. The van der Waals surface area contributed by atoms with E-state index in [1.54, 1.807) is 0 Å². The topological polar surface area (TPSA) is 95.9 Å². The summed E-state index contributed by atoms with van der Waals surface area (Å²) in [6.07, 6.45) is 4.49. The number of nitrogens with one attached hydrogen (secondary N) is 1. The minimum absolute atomic E-state index is 0.000771. The van der Waals surface area contributed by atoms with Gasteiger partial charge in [0.15, 0.2) is 0 Å². The van der Waals surface area contributed by atoms with E-state index in [4.69, 9.17) is 4.74 Å². The Balaban J connectivity index is 1.17. The molecule has 7 heteroatoms. The lowest BCUT2D eigenvalue weighted by Crippen LogP contribution is -2.46. The molecule has 0 spiro atoms. The number of rotatable bonds is 8. The Kier molecular flexibility index (Phi) is 6.75. The number of amides is 2. The third-order valence-corrected chi connectivity index (χ3v) is 7.50. The Labute approximate surface area is 205 Å². The van der Waals surface area contributed by atoms with Gasteiger partial charge in [0, 0.05) is 24.4 Å². The maximum atomic E-state index is 13.1. The van der Waals surface area contributed by atoms with Crippen LogP contribution in [0.25, 0.3) is 11.1 Å². The van der Waals surface area contributed by atoms with E-state index in [1.165, 1.54) is 27.2 Å². The van der Waals surface area contributed by atoms with Gasteiger partial charge in [0.1, 0.15) is 13.2 Å². The molecule has 0 saturated heterocycles. The van der Waals surface area contributed by atoms with Crippen molar-refractivity contribution in [1.29, 1.82) is 0 Å². The van der Waals surface area contributed by atoms with Crippen LogP contribution in [-0.4, -0.2) is 53.7 Å². The van der Waals surface area contributed by atoms with E-state index >= 15 is 0 Å². The number of ether oxygens (including phenoxy) is 1. The molecule has 2 atom stereocenters. The molecule has 3 aliphatic rings. The van der Waals surface area contributed by atoms with Gasteiger partial charge >= 0.3 is 12.1 Å². The quantitative estimate of drug-likeness (QED) is 0.589. The van der Waals surface area contributed by atoms with Crippen molar-refractivity contribution >= 4 is 18.0 Å². The highest BCUT2D eigenvalue weighted by molar-refractivity contribution is 5.83. The molecular weight excluding hydrogens is 444 g/mol. The third kappa shape index (κ3) is 5.34. The number of hydrogen-bond acceptors (Lipinski definition) is 4. The smallest absolute Gasteiger partial charge is 0.407 e. The van der Waals surface area contributed by atoms with Gasteiger partial charge in [-0.3, -0.25) is 9.59 Å². The van der Waals surface area contributed by atoms with Crippen LogP contribution < -0.4 is 5.32 Å². The molecule has 2 fully saturated rings. The van der Waals surface area contributed by atoms with E-state index in [9.17, 15) is 19.5 Å². The summed E-state index contributed by atoms with van der Waals surface area (Å²) >= 11 is 0. The van der Waals surface area contributed by atoms with Crippen molar-refractivity contribution in [3.05, 3.63) is 59.7 Å². The number of carboxylic acid groups (broad SMARTS) is 1. The van der Waals surface area contributed by atoms with Crippen LogP contribution in [0.15, 0.2) is 48.5 Å². The molecule has 184 valence electrons. The van der Waals surface area contributed by atoms with Gasteiger partial charge in [-0.25, -0.2) is 4.79 Å². The largest absolute Gasteiger partial charge is 0.480 e. The Bertz CT molecular complexity index is 1070. The highest BCUT2D eigenvalue weighted by Crippen LogP contribution is 2.44. The molecule has 0 aromatic heterocycles. The number of hydrogen-bond donors (Lipinski definition) is 2. The zero-order valence-corrected chi connectivity index (χ0v) is 19.8. The Hall–Kier alpha value is -3.35. The summed E-state index contributed by atoms with van der Waals surface area (Å²) in [7, 11) is 0. The van der Waals surface area contributed by atoms with Crippen molar-refractivity contribution in [3.63, 3.8) is 0 Å². The fourth-order valence-electron chi connectivity index (χ4n) is 5.62. The van der Waals surface area contributed by atoms with Crippen LogP contribution in [0.2, 0.25) is 0 Å². The third-order valence-electron chi connectivity index (χ3n) is 7.50. The molecule has 2 aromatic carbocycles.